The van der Waals surface area contributed by atoms with E-state index in [1.54, 1.807) is 7.05 Å². The van der Waals surface area contributed by atoms with E-state index in [1.165, 1.54) is 5.56 Å². The minimum absolute atomic E-state index is 0. The highest BCUT2D eigenvalue weighted by atomic mass is 127. The van der Waals surface area contributed by atoms with Crippen molar-refractivity contribution in [3.8, 4) is 11.5 Å². The largest absolute Gasteiger partial charge is 0.454 e. The number of aliphatic imine (C=N–C) groups is 1. The number of amides is 1. The fraction of sp³-hybridized carbons (Fsp3) is 0.364. The summed E-state index contributed by atoms with van der Waals surface area (Å²) in [5.41, 5.74) is 2.86. The molecule has 0 unspecified atom stereocenters. The van der Waals surface area contributed by atoms with Crippen LogP contribution < -0.4 is 25.4 Å². The molecule has 0 aliphatic carbocycles. The van der Waals surface area contributed by atoms with Crippen molar-refractivity contribution < 1.29 is 14.3 Å². The van der Waals surface area contributed by atoms with Crippen LogP contribution in [0.5, 0.6) is 11.5 Å². The van der Waals surface area contributed by atoms with Gasteiger partial charge in [-0.05, 0) is 48.2 Å². The summed E-state index contributed by atoms with van der Waals surface area (Å²) in [4.78, 5) is 16.4. The van der Waals surface area contributed by atoms with Gasteiger partial charge in [-0.1, -0.05) is 25.1 Å². The number of nitrogens with zero attached hydrogens (tertiary/aromatic N) is 1. The van der Waals surface area contributed by atoms with Gasteiger partial charge in [-0.3, -0.25) is 9.79 Å². The average Bonchev–Trinajstić information content (AvgIpc) is 3.22. The molecule has 0 bridgehead atoms. The summed E-state index contributed by atoms with van der Waals surface area (Å²) in [5.74, 6) is 2.27. The van der Waals surface area contributed by atoms with Gasteiger partial charge < -0.3 is 25.4 Å². The standard InChI is InChI=1S/C22H28N4O3.HI/c1-3-10-24-21(27)18-6-4-5-17(12-18)14-26-22(23-2)25-11-9-16-7-8-19-20(13-16)29-15-28-19;/h4-8,12-13H,3,9-11,14-15H2,1-2H3,(H,24,27)(H2,23,25,26);1H. The lowest BCUT2D eigenvalue weighted by Crippen LogP contribution is -2.37. The summed E-state index contributed by atoms with van der Waals surface area (Å²) in [6, 6.07) is 13.6. The number of carbonyl (C=O) groups excluding carboxylic acids is 1. The molecule has 0 fully saturated rings. The SMILES string of the molecule is CCCNC(=O)c1cccc(CNC(=NC)NCCc2ccc3c(c2)OCO3)c1.I. The van der Waals surface area contributed by atoms with Gasteiger partial charge in [0, 0.05) is 32.2 Å². The Morgan fingerprint density at radius 3 is 2.63 bits per heavy atom. The summed E-state index contributed by atoms with van der Waals surface area (Å²) in [7, 11) is 1.74. The highest BCUT2D eigenvalue weighted by Crippen LogP contribution is 2.32. The molecular weight excluding hydrogens is 495 g/mol. The van der Waals surface area contributed by atoms with E-state index in [1.807, 2.05) is 49.4 Å². The molecule has 8 heteroatoms. The van der Waals surface area contributed by atoms with Crippen molar-refractivity contribution in [1.29, 1.82) is 0 Å². The van der Waals surface area contributed by atoms with Gasteiger partial charge in [0.05, 0.1) is 0 Å². The predicted molar refractivity (Wildman–Crippen MR) is 129 cm³/mol. The van der Waals surface area contributed by atoms with E-state index in [4.69, 9.17) is 9.47 Å². The van der Waals surface area contributed by atoms with Crippen LogP contribution in [0.2, 0.25) is 0 Å². The number of fused-ring (bicyclic) bond motifs is 1. The fourth-order valence-electron chi connectivity index (χ4n) is 2.99. The smallest absolute Gasteiger partial charge is 0.251 e. The van der Waals surface area contributed by atoms with Crippen molar-refractivity contribution in [2.75, 3.05) is 26.9 Å². The van der Waals surface area contributed by atoms with Gasteiger partial charge in [-0.2, -0.15) is 0 Å². The Kier molecular flexibility index (Phi) is 9.72. The van der Waals surface area contributed by atoms with E-state index in [0.29, 0.717) is 24.6 Å². The topological polar surface area (TPSA) is 84.0 Å². The van der Waals surface area contributed by atoms with Crippen molar-refractivity contribution in [1.82, 2.24) is 16.0 Å². The molecule has 0 spiro atoms. The highest BCUT2D eigenvalue weighted by molar-refractivity contribution is 14.0. The minimum atomic E-state index is -0.0417. The van der Waals surface area contributed by atoms with Gasteiger partial charge in [-0.15, -0.1) is 24.0 Å². The van der Waals surface area contributed by atoms with Gasteiger partial charge >= 0.3 is 0 Å². The number of halogens is 1. The van der Waals surface area contributed by atoms with Crippen LogP contribution in [0.15, 0.2) is 47.5 Å². The molecule has 1 amide bonds. The van der Waals surface area contributed by atoms with Crippen LogP contribution in [0.3, 0.4) is 0 Å². The molecule has 162 valence electrons. The Morgan fingerprint density at radius 1 is 1.00 bits per heavy atom. The Balaban J connectivity index is 0.00000320. The summed E-state index contributed by atoms with van der Waals surface area (Å²) in [6.45, 7) is 4.32. The second-order valence-electron chi connectivity index (χ2n) is 6.75. The summed E-state index contributed by atoms with van der Waals surface area (Å²) >= 11 is 0. The molecule has 0 saturated carbocycles. The number of nitrogens with one attached hydrogen (secondary N) is 3. The van der Waals surface area contributed by atoms with Crippen LogP contribution in [-0.4, -0.2) is 38.8 Å². The molecule has 1 aliphatic rings. The molecule has 3 rings (SSSR count). The monoisotopic (exact) mass is 524 g/mol. The molecule has 0 radical (unpaired) electrons. The third-order valence-corrected chi connectivity index (χ3v) is 4.55. The van der Waals surface area contributed by atoms with Crippen molar-refractivity contribution in [3.63, 3.8) is 0 Å². The molecular formula is C22H29IN4O3. The number of ether oxygens (including phenoxy) is 2. The van der Waals surface area contributed by atoms with Crippen molar-refractivity contribution >= 4 is 35.8 Å². The normalized spacial score (nSPS) is 12.1. The fourth-order valence-corrected chi connectivity index (χ4v) is 2.99. The minimum Gasteiger partial charge on any atom is -0.454 e. The van der Waals surface area contributed by atoms with Gasteiger partial charge in [0.2, 0.25) is 6.79 Å². The van der Waals surface area contributed by atoms with E-state index in [0.717, 1.165) is 36.4 Å². The summed E-state index contributed by atoms with van der Waals surface area (Å²) in [6.07, 6.45) is 1.76. The molecule has 30 heavy (non-hydrogen) atoms. The molecule has 0 aromatic heterocycles. The van der Waals surface area contributed by atoms with Crippen LogP contribution in [0.25, 0.3) is 0 Å². The molecule has 1 heterocycles. The first kappa shape index (κ1) is 23.8. The van der Waals surface area contributed by atoms with Crippen molar-refractivity contribution in [2.45, 2.75) is 26.3 Å². The zero-order valence-corrected chi connectivity index (χ0v) is 19.7. The van der Waals surface area contributed by atoms with Crippen LogP contribution in [0, 0.1) is 0 Å². The maximum Gasteiger partial charge on any atom is 0.251 e. The highest BCUT2D eigenvalue weighted by Gasteiger charge is 2.13. The zero-order chi connectivity index (χ0) is 20.5. The van der Waals surface area contributed by atoms with Gasteiger partial charge in [-0.25, -0.2) is 0 Å². The quantitative estimate of drug-likeness (QED) is 0.281. The number of benzene rings is 2. The number of carbonyl (C=O) groups is 1. The van der Waals surface area contributed by atoms with Gasteiger partial charge in [0.15, 0.2) is 17.5 Å². The van der Waals surface area contributed by atoms with Crippen molar-refractivity contribution in [2.24, 2.45) is 4.99 Å². The number of rotatable bonds is 8. The summed E-state index contributed by atoms with van der Waals surface area (Å²) < 4.78 is 10.8. The lowest BCUT2D eigenvalue weighted by molar-refractivity contribution is 0.0953. The van der Waals surface area contributed by atoms with E-state index in [9.17, 15) is 4.79 Å². The van der Waals surface area contributed by atoms with Crippen LogP contribution in [0.4, 0.5) is 0 Å². The summed E-state index contributed by atoms with van der Waals surface area (Å²) in [5, 5.41) is 9.49. The Bertz CT molecular complexity index is 873. The zero-order valence-electron chi connectivity index (χ0n) is 17.4. The lowest BCUT2D eigenvalue weighted by atomic mass is 10.1. The third kappa shape index (κ3) is 6.79. The second-order valence-corrected chi connectivity index (χ2v) is 6.75. The van der Waals surface area contributed by atoms with Crippen LogP contribution >= 0.6 is 24.0 Å². The van der Waals surface area contributed by atoms with Crippen LogP contribution in [0.1, 0.15) is 34.8 Å². The molecule has 1 aliphatic heterocycles. The predicted octanol–water partition coefficient (Wildman–Crippen LogP) is 3.08. The maximum atomic E-state index is 12.1. The van der Waals surface area contributed by atoms with Gasteiger partial charge in [0.1, 0.15) is 0 Å². The van der Waals surface area contributed by atoms with Gasteiger partial charge in [0.25, 0.3) is 5.91 Å². The molecule has 2 aromatic rings. The Morgan fingerprint density at radius 2 is 1.83 bits per heavy atom. The van der Waals surface area contributed by atoms with Crippen LogP contribution in [-0.2, 0) is 13.0 Å². The first-order valence-corrected chi connectivity index (χ1v) is 9.89. The number of hydrogen-bond acceptors (Lipinski definition) is 4. The van der Waals surface area contributed by atoms with E-state index >= 15 is 0 Å². The number of hydrogen-bond donors (Lipinski definition) is 3. The molecule has 0 atom stereocenters. The second kappa shape index (κ2) is 12.3. The first-order chi connectivity index (χ1) is 14.2. The molecule has 3 N–H and O–H groups in total. The van der Waals surface area contributed by atoms with E-state index in [2.05, 4.69) is 20.9 Å². The first-order valence-electron chi connectivity index (χ1n) is 9.89. The third-order valence-electron chi connectivity index (χ3n) is 4.55. The molecule has 2 aromatic carbocycles. The Labute approximate surface area is 194 Å². The average molecular weight is 524 g/mol. The number of guanidine groups is 1. The Hall–Kier alpha value is -2.49. The van der Waals surface area contributed by atoms with Crippen molar-refractivity contribution in [3.05, 3.63) is 59.2 Å². The lowest BCUT2D eigenvalue weighted by Gasteiger charge is -2.13. The maximum absolute atomic E-state index is 12.1. The van der Waals surface area contributed by atoms with E-state index < -0.39 is 0 Å². The molecule has 0 saturated heterocycles. The molecule has 7 nitrogen and oxygen atoms in total. The van der Waals surface area contributed by atoms with E-state index in [-0.39, 0.29) is 36.7 Å².